The third kappa shape index (κ3) is 5.71. The number of benzene rings is 1. The lowest BCUT2D eigenvalue weighted by molar-refractivity contribution is -0.119. The second kappa shape index (κ2) is 10.4. The van der Waals surface area contributed by atoms with E-state index >= 15 is 0 Å². The summed E-state index contributed by atoms with van der Waals surface area (Å²) in [6.07, 6.45) is 7.26. The van der Waals surface area contributed by atoms with E-state index in [9.17, 15) is 4.79 Å². The monoisotopic (exact) mass is 521 g/mol. The van der Waals surface area contributed by atoms with E-state index in [1.54, 1.807) is 11.3 Å². The Morgan fingerprint density at radius 3 is 2.56 bits per heavy atom. The number of ketones is 1. The summed E-state index contributed by atoms with van der Waals surface area (Å²) in [5, 5.41) is 4.90. The number of nitrogens with zero attached hydrogens (tertiary/aromatic N) is 6. The van der Waals surface area contributed by atoms with Crippen molar-refractivity contribution in [3.63, 3.8) is 0 Å². The van der Waals surface area contributed by atoms with Crippen molar-refractivity contribution in [3.8, 4) is 0 Å². The molecule has 1 N–H and O–H groups in total. The lowest BCUT2D eigenvalue weighted by atomic mass is 10.0. The molecular formula is C26H31N7OS2. The number of piperazine rings is 1. The van der Waals surface area contributed by atoms with Gasteiger partial charge >= 0.3 is 0 Å². The van der Waals surface area contributed by atoms with Crippen LogP contribution in [0.4, 0.5) is 17.0 Å². The molecule has 36 heavy (non-hydrogen) atoms. The fraction of sp³-hybridized carbons (Fsp3) is 0.500. The molecule has 3 aliphatic rings. The zero-order chi connectivity index (χ0) is 24.5. The number of fused-ring (bicyclic) bond motifs is 1. The first-order chi connectivity index (χ1) is 17.6. The summed E-state index contributed by atoms with van der Waals surface area (Å²) in [4.78, 5) is 38.3. The molecule has 188 valence electrons. The van der Waals surface area contributed by atoms with E-state index in [2.05, 4.69) is 34.3 Å². The fourth-order valence-electron chi connectivity index (χ4n) is 4.63. The summed E-state index contributed by atoms with van der Waals surface area (Å²) in [6.45, 7) is 3.74. The van der Waals surface area contributed by atoms with Gasteiger partial charge in [-0.05, 0) is 75.0 Å². The van der Waals surface area contributed by atoms with Crippen molar-refractivity contribution in [2.45, 2.75) is 55.0 Å². The molecule has 0 unspecified atom stereocenters. The summed E-state index contributed by atoms with van der Waals surface area (Å²) in [5.74, 6) is 1.91. The van der Waals surface area contributed by atoms with Crippen LogP contribution in [-0.4, -0.2) is 63.8 Å². The van der Waals surface area contributed by atoms with Crippen molar-refractivity contribution in [2.75, 3.05) is 43.4 Å². The Hall–Kier alpha value is -2.56. The molecule has 0 amide bonds. The number of rotatable bonds is 8. The first-order valence-electron chi connectivity index (χ1n) is 12.8. The summed E-state index contributed by atoms with van der Waals surface area (Å²) < 4.78 is 0. The predicted octanol–water partition coefficient (Wildman–Crippen LogP) is 4.38. The Morgan fingerprint density at radius 2 is 1.81 bits per heavy atom. The molecule has 3 heterocycles. The average molecular weight is 522 g/mol. The van der Waals surface area contributed by atoms with E-state index in [0.29, 0.717) is 35.2 Å². The summed E-state index contributed by atoms with van der Waals surface area (Å²) in [6, 6.07) is 8.21. The maximum absolute atomic E-state index is 12.2. The molecule has 6 rings (SSSR count). The molecule has 2 fully saturated rings. The molecule has 2 aromatic heterocycles. The summed E-state index contributed by atoms with van der Waals surface area (Å²) in [7, 11) is 2.14. The summed E-state index contributed by atoms with van der Waals surface area (Å²) >= 11 is 3.24. The number of hydrogen-bond acceptors (Lipinski definition) is 10. The van der Waals surface area contributed by atoms with Crippen LogP contribution in [0, 0.1) is 5.92 Å². The Bertz CT molecular complexity index is 1210. The number of thiazole rings is 1. The molecule has 3 aromatic rings. The fourth-order valence-corrected chi connectivity index (χ4v) is 6.41. The number of nitrogens with one attached hydrogen (secondary N) is 1. The second-order valence-electron chi connectivity index (χ2n) is 9.92. The van der Waals surface area contributed by atoms with Gasteiger partial charge in [-0.1, -0.05) is 12.1 Å². The number of Topliss-reactive ketones (excluding diaryl/α,β-unsaturated/α-hetero) is 1. The van der Waals surface area contributed by atoms with Gasteiger partial charge in [-0.25, -0.2) is 4.98 Å². The van der Waals surface area contributed by atoms with Gasteiger partial charge < -0.3 is 9.80 Å². The molecular weight excluding hydrogens is 490 g/mol. The van der Waals surface area contributed by atoms with E-state index in [4.69, 9.17) is 19.9 Å². The van der Waals surface area contributed by atoms with Crippen molar-refractivity contribution >= 4 is 45.9 Å². The Kier molecular flexibility index (Phi) is 6.90. The molecule has 1 saturated heterocycles. The Morgan fingerprint density at radius 1 is 1.03 bits per heavy atom. The minimum atomic E-state index is 0.298. The number of carbonyl (C=O) groups is 1. The highest BCUT2D eigenvalue weighted by Gasteiger charge is 2.29. The van der Waals surface area contributed by atoms with Crippen LogP contribution < -0.4 is 10.2 Å². The van der Waals surface area contributed by atoms with E-state index in [-0.39, 0.29) is 0 Å². The van der Waals surface area contributed by atoms with E-state index in [1.165, 1.54) is 35.2 Å². The van der Waals surface area contributed by atoms with Crippen molar-refractivity contribution < 1.29 is 4.79 Å². The SMILES string of the molecule is CN1CCN(c2nc(Nc3nc4c(s3)CCCC4)nc(Sc3ccc(CC(=O)C4CC4)cc3)n2)CC1. The van der Waals surface area contributed by atoms with Gasteiger partial charge in [0.25, 0.3) is 0 Å². The van der Waals surface area contributed by atoms with Crippen molar-refractivity contribution in [3.05, 3.63) is 40.4 Å². The zero-order valence-corrected chi connectivity index (χ0v) is 22.2. The van der Waals surface area contributed by atoms with Crippen molar-refractivity contribution in [1.29, 1.82) is 0 Å². The van der Waals surface area contributed by atoms with Gasteiger partial charge in [0.15, 0.2) is 10.3 Å². The number of likely N-dealkylation sites (N-methyl/N-ethyl adjacent to an activating group) is 1. The lowest BCUT2D eigenvalue weighted by Crippen LogP contribution is -2.45. The number of aryl methyl sites for hydroxylation is 2. The zero-order valence-electron chi connectivity index (χ0n) is 20.6. The Labute approximate surface area is 220 Å². The van der Waals surface area contributed by atoms with Crippen LogP contribution in [0.5, 0.6) is 0 Å². The van der Waals surface area contributed by atoms with Crippen molar-refractivity contribution in [2.24, 2.45) is 5.92 Å². The van der Waals surface area contributed by atoms with Crippen LogP contribution in [0.3, 0.4) is 0 Å². The van der Waals surface area contributed by atoms with Crippen LogP contribution in [0.2, 0.25) is 0 Å². The van der Waals surface area contributed by atoms with Crippen LogP contribution in [-0.2, 0) is 24.1 Å². The maximum atomic E-state index is 12.2. The lowest BCUT2D eigenvalue weighted by Gasteiger charge is -2.32. The standard InChI is InChI=1S/C26H31N7OS2/c1-32-12-14-33(15-13-32)24-28-23(29-25-27-20-4-2-3-5-22(20)36-25)30-26(31-24)35-19-10-6-17(7-11-19)16-21(34)18-8-9-18/h6-7,10-11,18H,2-5,8-9,12-16H2,1H3,(H,27,28,29,30,31). The first-order valence-corrected chi connectivity index (χ1v) is 14.5. The minimum absolute atomic E-state index is 0.298. The number of aromatic nitrogens is 4. The third-order valence-electron chi connectivity index (χ3n) is 7.00. The molecule has 1 saturated carbocycles. The highest BCUT2D eigenvalue weighted by atomic mass is 32.2. The molecule has 1 aromatic carbocycles. The molecule has 2 aliphatic carbocycles. The first kappa shape index (κ1) is 23.8. The van der Waals surface area contributed by atoms with E-state index in [0.717, 1.165) is 67.5 Å². The van der Waals surface area contributed by atoms with Crippen molar-refractivity contribution in [1.82, 2.24) is 24.8 Å². The van der Waals surface area contributed by atoms with Crippen LogP contribution in [0.15, 0.2) is 34.3 Å². The predicted molar refractivity (Wildman–Crippen MR) is 144 cm³/mol. The second-order valence-corrected chi connectivity index (χ2v) is 12.0. The molecule has 1 aliphatic heterocycles. The van der Waals surface area contributed by atoms with Crippen LogP contribution in [0.1, 0.15) is 41.8 Å². The molecule has 8 nitrogen and oxygen atoms in total. The van der Waals surface area contributed by atoms with Gasteiger partial charge in [0, 0.05) is 48.3 Å². The van der Waals surface area contributed by atoms with Crippen LogP contribution in [0.25, 0.3) is 0 Å². The highest BCUT2D eigenvalue weighted by molar-refractivity contribution is 7.99. The molecule has 0 spiro atoms. The number of anilines is 3. The topological polar surface area (TPSA) is 87.1 Å². The Balaban J connectivity index is 1.22. The van der Waals surface area contributed by atoms with Gasteiger partial charge in [-0.3, -0.25) is 10.1 Å². The van der Waals surface area contributed by atoms with Gasteiger partial charge in [0.2, 0.25) is 11.9 Å². The summed E-state index contributed by atoms with van der Waals surface area (Å²) in [5.41, 5.74) is 2.29. The smallest absolute Gasteiger partial charge is 0.234 e. The molecule has 0 atom stereocenters. The van der Waals surface area contributed by atoms with Gasteiger partial charge in [-0.2, -0.15) is 15.0 Å². The largest absolute Gasteiger partial charge is 0.338 e. The van der Waals surface area contributed by atoms with Gasteiger partial charge in [-0.15, -0.1) is 11.3 Å². The molecule has 0 radical (unpaired) electrons. The third-order valence-corrected chi connectivity index (χ3v) is 8.94. The maximum Gasteiger partial charge on any atom is 0.234 e. The average Bonchev–Trinajstić information content (AvgIpc) is 3.66. The number of hydrogen-bond donors (Lipinski definition) is 1. The minimum Gasteiger partial charge on any atom is -0.338 e. The normalized spacial score (nSPS) is 18.2. The highest BCUT2D eigenvalue weighted by Crippen LogP contribution is 2.33. The van der Waals surface area contributed by atoms with Gasteiger partial charge in [0.1, 0.15) is 5.78 Å². The molecule has 10 heteroatoms. The van der Waals surface area contributed by atoms with E-state index < -0.39 is 0 Å². The van der Waals surface area contributed by atoms with Gasteiger partial charge in [0.05, 0.1) is 5.69 Å². The van der Waals surface area contributed by atoms with E-state index in [1.807, 2.05) is 12.1 Å². The van der Waals surface area contributed by atoms with Crippen LogP contribution >= 0.6 is 23.1 Å². The molecule has 0 bridgehead atoms. The number of carbonyl (C=O) groups excluding carboxylic acids is 1. The quantitative estimate of drug-likeness (QED) is 0.464.